The zero-order chi connectivity index (χ0) is 17.7. The third-order valence-electron chi connectivity index (χ3n) is 6.32. The van der Waals surface area contributed by atoms with Crippen molar-refractivity contribution in [3.63, 3.8) is 0 Å². The van der Waals surface area contributed by atoms with Gasteiger partial charge in [0.1, 0.15) is 12.1 Å². The molecule has 6 nitrogen and oxygen atoms in total. The molecule has 2 bridgehead atoms. The lowest BCUT2D eigenvalue weighted by Gasteiger charge is -2.29. The zero-order valence-corrected chi connectivity index (χ0v) is 15.8. The Hall–Kier alpha value is -1.73. The predicted octanol–water partition coefficient (Wildman–Crippen LogP) is 2.59. The van der Waals surface area contributed by atoms with Crippen LogP contribution in [0.15, 0.2) is 17.8 Å². The van der Waals surface area contributed by atoms with Crippen molar-refractivity contribution in [2.24, 2.45) is 11.8 Å². The van der Waals surface area contributed by atoms with E-state index in [0.29, 0.717) is 24.4 Å². The minimum absolute atomic E-state index is 0.0562. The fourth-order valence-electron chi connectivity index (χ4n) is 5.17. The highest BCUT2D eigenvalue weighted by molar-refractivity contribution is 7.17. The molecular formula is C19H24N4O2S. The zero-order valence-electron chi connectivity index (χ0n) is 15.0. The van der Waals surface area contributed by atoms with E-state index >= 15 is 0 Å². The maximum absolute atomic E-state index is 11.9. The summed E-state index contributed by atoms with van der Waals surface area (Å²) < 4.78 is 7.66. The van der Waals surface area contributed by atoms with Crippen LogP contribution >= 0.6 is 11.3 Å². The lowest BCUT2D eigenvalue weighted by atomic mass is 9.73. The summed E-state index contributed by atoms with van der Waals surface area (Å²) in [5.74, 6) is 2.08. The number of rotatable bonds is 5. The topological polar surface area (TPSA) is 67.4 Å². The fraction of sp³-hybridized carbons (Fsp3) is 0.632. The van der Waals surface area contributed by atoms with Crippen LogP contribution in [-0.2, 0) is 9.53 Å². The van der Waals surface area contributed by atoms with Gasteiger partial charge in [0.25, 0.3) is 0 Å². The molecule has 0 aliphatic carbocycles. The van der Waals surface area contributed by atoms with Gasteiger partial charge in [-0.05, 0) is 30.7 Å². The average Bonchev–Trinajstić information content (AvgIpc) is 3.38. The summed E-state index contributed by atoms with van der Waals surface area (Å²) in [5.41, 5.74) is 0.961. The summed E-state index contributed by atoms with van der Waals surface area (Å²) in [6, 6.07) is 2.05. The summed E-state index contributed by atoms with van der Waals surface area (Å²) in [6.45, 7) is 4.63. The molecule has 0 aromatic carbocycles. The number of anilines is 1. The molecule has 2 aromatic rings. The molecule has 7 heteroatoms. The number of fused-ring (bicyclic) bond motifs is 2. The second-order valence-electron chi connectivity index (χ2n) is 7.80. The number of hydrogen-bond donors (Lipinski definition) is 1. The Morgan fingerprint density at radius 1 is 1.50 bits per heavy atom. The van der Waals surface area contributed by atoms with Crippen LogP contribution in [-0.4, -0.2) is 47.2 Å². The van der Waals surface area contributed by atoms with E-state index in [9.17, 15) is 4.79 Å². The summed E-state index contributed by atoms with van der Waals surface area (Å²) in [4.78, 5) is 23.3. The van der Waals surface area contributed by atoms with Crippen molar-refractivity contribution in [3.05, 3.63) is 17.8 Å². The van der Waals surface area contributed by atoms with Crippen molar-refractivity contribution in [1.29, 1.82) is 0 Å². The first-order chi connectivity index (χ1) is 12.7. The van der Waals surface area contributed by atoms with E-state index < -0.39 is 0 Å². The molecule has 3 aliphatic heterocycles. The molecule has 1 amide bonds. The van der Waals surface area contributed by atoms with E-state index in [-0.39, 0.29) is 11.5 Å². The van der Waals surface area contributed by atoms with Gasteiger partial charge in [0.2, 0.25) is 5.91 Å². The second-order valence-corrected chi connectivity index (χ2v) is 8.71. The van der Waals surface area contributed by atoms with Crippen molar-refractivity contribution < 1.29 is 9.53 Å². The Morgan fingerprint density at radius 3 is 3.31 bits per heavy atom. The first-order valence-corrected chi connectivity index (χ1v) is 10.5. The lowest BCUT2D eigenvalue weighted by molar-refractivity contribution is -0.121. The van der Waals surface area contributed by atoms with E-state index in [1.165, 1.54) is 0 Å². The average molecular weight is 372 g/mol. The van der Waals surface area contributed by atoms with Gasteiger partial charge in [0.15, 0.2) is 0 Å². The van der Waals surface area contributed by atoms with E-state index in [4.69, 9.17) is 4.74 Å². The van der Waals surface area contributed by atoms with Gasteiger partial charge in [-0.3, -0.25) is 4.79 Å². The van der Waals surface area contributed by atoms with E-state index in [1.807, 2.05) is 6.92 Å². The highest BCUT2D eigenvalue weighted by Crippen LogP contribution is 2.55. The van der Waals surface area contributed by atoms with Gasteiger partial charge < -0.3 is 15.0 Å². The molecule has 1 N–H and O–H groups in total. The Balaban J connectivity index is 1.37. The number of aromatic nitrogens is 2. The number of ether oxygens (including phenoxy) is 1. The van der Waals surface area contributed by atoms with Gasteiger partial charge in [0, 0.05) is 37.9 Å². The molecule has 0 saturated carbocycles. The molecule has 3 aliphatic rings. The summed E-state index contributed by atoms with van der Waals surface area (Å²) in [5, 5.41) is 5.21. The molecule has 5 heterocycles. The molecule has 5 rings (SSSR count). The molecule has 2 aromatic heterocycles. The summed E-state index contributed by atoms with van der Waals surface area (Å²) >= 11 is 1.70. The van der Waals surface area contributed by atoms with Gasteiger partial charge in [-0.2, -0.15) is 0 Å². The number of nitrogens with one attached hydrogen (secondary N) is 1. The number of nitrogens with zero attached hydrogens (tertiary/aromatic N) is 3. The Labute approximate surface area is 157 Å². The second kappa shape index (κ2) is 6.16. The van der Waals surface area contributed by atoms with E-state index in [1.54, 1.807) is 17.7 Å². The number of hydrogen-bond acceptors (Lipinski definition) is 6. The van der Waals surface area contributed by atoms with Gasteiger partial charge in [-0.1, -0.05) is 6.92 Å². The maximum Gasteiger partial charge on any atom is 0.219 e. The first kappa shape index (κ1) is 16.4. The van der Waals surface area contributed by atoms with Crippen molar-refractivity contribution in [1.82, 2.24) is 15.3 Å². The van der Waals surface area contributed by atoms with Crippen LogP contribution < -0.4 is 10.2 Å². The fourth-order valence-corrected chi connectivity index (χ4v) is 6.03. The minimum Gasteiger partial charge on any atom is -0.369 e. The van der Waals surface area contributed by atoms with Crippen molar-refractivity contribution in [2.45, 2.75) is 44.3 Å². The summed E-state index contributed by atoms with van der Waals surface area (Å²) in [6.07, 6.45) is 5.70. The third-order valence-corrected chi connectivity index (χ3v) is 7.22. The van der Waals surface area contributed by atoms with Crippen LogP contribution in [0.4, 0.5) is 5.82 Å². The highest BCUT2D eigenvalue weighted by atomic mass is 32.1. The first-order valence-electron chi connectivity index (χ1n) is 9.58. The molecule has 4 atom stereocenters. The summed E-state index contributed by atoms with van der Waals surface area (Å²) in [7, 11) is 0. The Kier molecular flexibility index (Phi) is 3.90. The molecule has 138 valence electrons. The molecular weight excluding hydrogens is 348 g/mol. The number of carbonyl (C=O) groups excluding carboxylic acids is 1. The largest absolute Gasteiger partial charge is 0.369 e. The number of carbonyl (C=O) groups is 1. The predicted molar refractivity (Wildman–Crippen MR) is 101 cm³/mol. The minimum atomic E-state index is -0.0562. The lowest BCUT2D eigenvalue weighted by Crippen LogP contribution is -2.41. The van der Waals surface area contributed by atoms with Gasteiger partial charge in [-0.15, -0.1) is 11.3 Å². The SMILES string of the molecule is CCCC(=O)NC[C@H]1[C@H]2CN(c3ncnc4ccsc34)C[C@]23CC[C@H]1O3. The highest BCUT2D eigenvalue weighted by Gasteiger charge is 2.63. The van der Waals surface area contributed by atoms with Crippen molar-refractivity contribution in [3.8, 4) is 0 Å². The van der Waals surface area contributed by atoms with Crippen LogP contribution in [0.2, 0.25) is 0 Å². The van der Waals surface area contributed by atoms with E-state index in [2.05, 4.69) is 31.6 Å². The smallest absolute Gasteiger partial charge is 0.219 e. The molecule has 0 radical (unpaired) electrons. The molecule has 26 heavy (non-hydrogen) atoms. The quantitative estimate of drug-likeness (QED) is 0.874. The number of thiophene rings is 1. The monoisotopic (exact) mass is 372 g/mol. The maximum atomic E-state index is 11.9. The van der Waals surface area contributed by atoms with Gasteiger partial charge in [-0.25, -0.2) is 9.97 Å². The molecule has 3 fully saturated rings. The Morgan fingerprint density at radius 2 is 2.42 bits per heavy atom. The Bertz CT molecular complexity index is 840. The van der Waals surface area contributed by atoms with Crippen molar-refractivity contribution >= 4 is 33.3 Å². The van der Waals surface area contributed by atoms with Crippen LogP contribution in [0.1, 0.15) is 32.6 Å². The van der Waals surface area contributed by atoms with Crippen molar-refractivity contribution in [2.75, 3.05) is 24.5 Å². The molecule has 1 spiro atoms. The van der Waals surface area contributed by atoms with E-state index in [0.717, 1.165) is 54.9 Å². The standard InChI is InChI=1S/C19H24N4O2S/c1-2-3-16(24)20-8-12-13-9-23(10-19(13)6-4-15(12)25-19)18-17-14(5-7-26-17)21-11-22-18/h5,7,11-13,15H,2-4,6,8-10H2,1H3,(H,20,24)/t12-,13+,15+,19+/m0/s1. The number of amides is 1. The normalized spacial score (nSPS) is 32.3. The van der Waals surface area contributed by atoms with Gasteiger partial charge in [0.05, 0.1) is 21.9 Å². The molecule has 3 saturated heterocycles. The van der Waals surface area contributed by atoms with Crippen LogP contribution in [0.5, 0.6) is 0 Å². The van der Waals surface area contributed by atoms with Gasteiger partial charge >= 0.3 is 0 Å². The van der Waals surface area contributed by atoms with Crippen LogP contribution in [0.3, 0.4) is 0 Å². The third kappa shape index (κ3) is 2.44. The van der Waals surface area contributed by atoms with Crippen LogP contribution in [0.25, 0.3) is 10.2 Å². The van der Waals surface area contributed by atoms with Crippen LogP contribution in [0, 0.1) is 11.8 Å². The molecule has 0 unspecified atom stereocenters.